The molecule has 0 radical (unpaired) electrons. The fourth-order valence-corrected chi connectivity index (χ4v) is 1.84. The minimum absolute atomic E-state index is 0.0103. The fourth-order valence-electron chi connectivity index (χ4n) is 1.84. The number of nitrogens with two attached hydrogens (primary N) is 1. The highest BCUT2D eigenvalue weighted by Crippen LogP contribution is 2.05. The Balaban J connectivity index is 1.72. The number of benzene rings is 1. The molecule has 120 valence electrons. The maximum atomic E-state index is 13.4. The van der Waals surface area contributed by atoms with Gasteiger partial charge < -0.3 is 16.4 Å². The van der Waals surface area contributed by atoms with E-state index in [9.17, 15) is 14.0 Å². The zero-order valence-corrected chi connectivity index (χ0v) is 12.3. The van der Waals surface area contributed by atoms with Gasteiger partial charge in [0.25, 0.3) is 11.8 Å². The van der Waals surface area contributed by atoms with E-state index in [4.69, 9.17) is 5.73 Å². The van der Waals surface area contributed by atoms with E-state index in [0.29, 0.717) is 19.5 Å². The van der Waals surface area contributed by atoms with Crippen LogP contribution in [0.4, 0.5) is 10.2 Å². The molecule has 2 amide bonds. The topological polar surface area (TPSA) is 110 Å². The normalized spacial score (nSPS) is 10.1. The first-order valence-electron chi connectivity index (χ1n) is 6.97. The van der Waals surface area contributed by atoms with Crippen LogP contribution in [0.1, 0.15) is 27.3 Å². The molecule has 7 nitrogen and oxygen atoms in total. The van der Waals surface area contributed by atoms with Crippen molar-refractivity contribution in [3.05, 3.63) is 53.7 Å². The maximum absolute atomic E-state index is 13.4. The number of nitrogens with zero attached hydrogens (tertiary/aromatic N) is 2. The zero-order valence-electron chi connectivity index (χ0n) is 12.3. The quantitative estimate of drug-likeness (QED) is 0.681. The van der Waals surface area contributed by atoms with Crippen molar-refractivity contribution in [3.63, 3.8) is 0 Å². The molecular weight excluding hydrogens is 301 g/mol. The van der Waals surface area contributed by atoms with E-state index in [-0.39, 0.29) is 17.1 Å². The van der Waals surface area contributed by atoms with Crippen molar-refractivity contribution in [2.75, 3.05) is 18.8 Å². The average Bonchev–Trinajstić information content (AvgIpc) is 2.55. The van der Waals surface area contributed by atoms with Crippen molar-refractivity contribution in [2.24, 2.45) is 0 Å². The number of hydrogen-bond donors (Lipinski definition) is 3. The molecule has 0 aliphatic carbocycles. The molecule has 2 rings (SSSR count). The average molecular weight is 317 g/mol. The van der Waals surface area contributed by atoms with Crippen LogP contribution in [0.2, 0.25) is 0 Å². The van der Waals surface area contributed by atoms with E-state index in [1.165, 1.54) is 30.6 Å². The molecule has 0 aliphatic heterocycles. The third-order valence-electron chi connectivity index (χ3n) is 2.98. The van der Waals surface area contributed by atoms with Crippen LogP contribution in [-0.4, -0.2) is 34.9 Å². The zero-order chi connectivity index (χ0) is 16.7. The summed E-state index contributed by atoms with van der Waals surface area (Å²) in [5.74, 6) is -1.45. The molecule has 1 aromatic carbocycles. The summed E-state index contributed by atoms with van der Waals surface area (Å²) >= 11 is 0. The summed E-state index contributed by atoms with van der Waals surface area (Å²) in [7, 11) is 0. The van der Waals surface area contributed by atoms with Gasteiger partial charge in [0.2, 0.25) is 0 Å². The third kappa shape index (κ3) is 4.47. The SMILES string of the molecule is Nc1nccnc1C(=O)NCCCNC(=O)c1ccccc1F. The van der Waals surface area contributed by atoms with Crippen molar-refractivity contribution < 1.29 is 14.0 Å². The molecule has 0 atom stereocenters. The van der Waals surface area contributed by atoms with Gasteiger partial charge in [-0.15, -0.1) is 0 Å². The van der Waals surface area contributed by atoms with E-state index >= 15 is 0 Å². The van der Waals surface area contributed by atoms with E-state index in [0.717, 1.165) is 0 Å². The number of nitrogen functional groups attached to an aromatic ring is 1. The maximum Gasteiger partial charge on any atom is 0.273 e. The monoisotopic (exact) mass is 317 g/mol. The Morgan fingerprint density at radius 1 is 1.04 bits per heavy atom. The van der Waals surface area contributed by atoms with Gasteiger partial charge in [-0.2, -0.15) is 0 Å². The molecule has 2 aromatic rings. The molecule has 0 fully saturated rings. The minimum atomic E-state index is -0.573. The highest BCUT2D eigenvalue weighted by atomic mass is 19.1. The Hall–Kier alpha value is -3.03. The Bertz CT molecular complexity index is 648. The molecule has 0 aliphatic rings. The standard InChI is InChI=1S/C15H16FN5O2/c16-11-5-2-1-4-10(11)14(22)20-6-3-7-21-15(23)12-13(17)19-9-8-18-12/h1-2,4-5,8-9H,3,6-7H2,(H2,17,19)(H,20,22)(H,21,23). The van der Waals surface area contributed by atoms with Crippen LogP contribution in [0.25, 0.3) is 0 Å². The molecule has 23 heavy (non-hydrogen) atoms. The number of hydrogen-bond acceptors (Lipinski definition) is 5. The number of nitrogens with one attached hydrogen (secondary N) is 2. The lowest BCUT2D eigenvalue weighted by atomic mass is 10.2. The molecule has 4 N–H and O–H groups in total. The third-order valence-corrected chi connectivity index (χ3v) is 2.98. The summed E-state index contributed by atoms with van der Waals surface area (Å²) in [4.78, 5) is 31.2. The van der Waals surface area contributed by atoms with Crippen LogP contribution in [0.15, 0.2) is 36.7 Å². The highest BCUT2D eigenvalue weighted by molar-refractivity contribution is 5.96. The summed E-state index contributed by atoms with van der Waals surface area (Å²) in [5, 5.41) is 5.20. The first-order valence-corrected chi connectivity index (χ1v) is 6.97. The van der Waals surface area contributed by atoms with Crippen molar-refractivity contribution in [3.8, 4) is 0 Å². The number of rotatable bonds is 6. The van der Waals surface area contributed by atoms with Crippen molar-refractivity contribution >= 4 is 17.6 Å². The number of anilines is 1. The number of carbonyl (C=O) groups excluding carboxylic acids is 2. The van der Waals surface area contributed by atoms with E-state index in [1.54, 1.807) is 6.07 Å². The molecule has 8 heteroatoms. The van der Waals surface area contributed by atoms with Crippen LogP contribution in [-0.2, 0) is 0 Å². The minimum Gasteiger partial charge on any atom is -0.382 e. The summed E-state index contributed by atoms with van der Waals surface area (Å²) in [6.07, 6.45) is 3.25. The Labute approximate surface area is 132 Å². The fraction of sp³-hybridized carbons (Fsp3) is 0.200. The lowest BCUT2D eigenvalue weighted by Gasteiger charge is -2.07. The number of amides is 2. The Kier molecular flexibility index (Phi) is 5.56. The molecule has 0 unspecified atom stereocenters. The van der Waals surface area contributed by atoms with Crippen molar-refractivity contribution in [1.82, 2.24) is 20.6 Å². The molecule has 0 saturated heterocycles. The molecule has 1 aromatic heterocycles. The second kappa shape index (κ2) is 7.83. The molecule has 1 heterocycles. The summed E-state index contributed by atoms with van der Waals surface area (Å²) in [5.41, 5.74) is 5.59. The van der Waals surface area contributed by atoms with Crippen LogP contribution in [0.3, 0.4) is 0 Å². The Morgan fingerprint density at radius 3 is 2.39 bits per heavy atom. The number of carbonyl (C=O) groups is 2. The summed E-state index contributed by atoms with van der Waals surface area (Å²) in [6.45, 7) is 0.607. The van der Waals surface area contributed by atoms with Crippen molar-refractivity contribution in [2.45, 2.75) is 6.42 Å². The summed E-state index contributed by atoms with van der Waals surface area (Å²) < 4.78 is 13.4. The molecule has 0 saturated carbocycles. The number of halogens is 1. The Morgan fingerprint density at radius 2 is 1.70 bits per heavy atom. The van der Waals surface area contributed by atoms with E-state index < -0.39 is 17.6 Å². The van der Waals surface area contributed by atoms with E-state index in [2.05, 4.69) is 20.6 Å². The van der Waals surface area contributed by atoms with Gasteiger partial charge in [0.1, 0.15) is 5.82 Å². The largest absolute Gasteiger partial charge is 0.382 e. The highest BCUT2D eigenvalue weighted by Gasteiger charge is 2.12. The van der Waals surface area contributed by atoms with Gasteiger partial charge in [-0.3, -0.25) is 9.59 Å². The lowest BCUT2D eigenvalue weighted by Crippen LogP contribution is -2.31. The van der Waals surface area contributed by atoms with Gasteiger partial charge in [-0.05, 0) is 18.6 Å². The van der Waals surface area contributed by atoms with Crippen LogP contribution < -0.4 is 16.4 Å². The van der Waals surface area contributed by atoms with Crippen molar-refractivity contribution in [1.29, 1.82) is 0 Å². The van der Waals surface area contributed by atoms with Gasteiger partial charge in [0, 0.05) is 25.5 Å². The second-order valence-electron chi connectivity index (χ2n) is 4.64. The van der Waals surface area contributed by atoms with Gasteiger partial charge >= 0.3 is 0 Å². The van der Waals surface area contributed by atoms with Crippen LogP contribution in [0, 0.1) is 5.82 Å². The predicted octanol–water partition coefficient (Wildman–Crippen LogP) is 0.748. The molecular formula is C15H16FN5O2. The first-order chi connectivity index (χ1) is 11.1. The smallest absolute Gasteiger partial charge is 0.273 e. The molecule has 0 spiro atoms. The van der Waals surface area contributed by atoms with Crippen LogP contribution >= 0.6 is 0 Å². The van der Waals surface area contributed by atoms with Gasteiger partial charge in [-0.1, -0.05) is 12.1 Å². The predicted molar refractivity (Wildman–Crippen MR) is 82.1 cm³/mol. The summed E-state index contributed by atoms with van der Waals surface area (Å²) in [6, 6.07) is 5.73. The van der Waals surface area contributed by atoms with Gasteiger partial charge in [0.05, 0.1) is 5.56 Å². The van der Waals surface area contributed by atoms with E-state index in [1.807, 2.05) is 0 Å². The molecule has 0 bridgehead atoms. The van der Waals surface area contributed by atoms with Gasteiger partial charge in [0.15, 0.2) is 11.5 Å². The number of aromatic nitrogens is 2. The second-order valence-corrected chi connectivity index (χ2v) is 4.64. The lowest BCUT2D eigenvalue weighted by molar-refractivity contribution is 0.0947. The van der Waals surface area contributed by atoms with Crippen LogP contribution in [0.5, 0.6) is 0 Å². The first kappa shape index (κ1) is 16.3. The van der Waals surface area contributed by atoms with Gasteiger partial charge in [-0.25, -0.2) is 14.4 Å².